The summed E-state index contributed by atoms with van der Waals surface area (Å²) in [6, 6.07) is 7.55. The number of methoxy groups -OCH3 is 1. The summed E-state index contributed by atoms with van der Waals surface area (Å²) in [6.07, 6.45) is 1.53. The van der Waals surface area contributed by atoms with Crippen LogP contribution in [-0.2, 0) is 5.60 Å². The molecule has 0 radical (unpaired) electrons. The zero-order valence-corrected chi connectivity index (χ0v) is 12.5. The molecule has 112 valence electrons. The van der Waals surface area contributed by atoms with Gasteiger partial charge in [0.05, 0.1) is 18.8 Å². The van der Waals surface area contributed by atoms with Crippen molar-refractivity contribution in [2.24, 2.45) is 5.92 Å². The zero-order chi connectivity index (χ0) is 14.8. The fourth-order valence-electron chi connectivity index (χ4n) is 3.19. The molecule has 1 aromatic carbocycles. The van der Waals surface area contributed by atoms with Gasteiger partial charge in [0, 0.05) is 18.9 Å². The van der Waals surface area contributed by atoms with Crippen molar-refractivity contribution in [1.29, 1.82) is 0 Å². The van der Waals surface area contributed by atoms with Crippen molar-refractivity contribution in [2.45, 2.75) is 31.0 Å². The second-order valence-electron chi connectivity index (χ2n) is 6.05. The van der Waals surface area contributed by atoms with Gasteiger partial charge in [-0.15, -0.1) is 0 Å². The molecule has 1 aromatic rings. The number of benzene rings is 1. The lowest BCUT2D eigenvalue weighted by molar-refractivity contribution is -0.0992. The Morgan fingerprint density at radius 2 is 2.10 bits per heavy atom. The van der Waals surface area contributed by atoms with Crippen molar-refractivity contribution in [3.63, 3.8) is 0 Å². The Bertz CT molecular complexity index is 449. The first-order valence-corrected chi connectivity index (χ1v) is 7.15. The predicted octanol–water partition coefficient (Wildman–Crippen LogP) is 1.61. The third-order valence-corrected chi connectivity index (χ3v) is 4.23. The molecule has 3 atom stereocenters. The number of ether oxygens (including phenoxy) is 1. The monoisotopic (exact) mass is 279 g/mol. The van der Waals surface area contributed by atoms with Gasteiger partial charge in [-0.1, -0.05) is 12.1 Å². The van der Waals surface area contributed by atoms with Crippen LogP contribution in [0.1, 0.15) is 24.8 Å². The lowest BCUT2D eigenvalue weighted by atomic mass is 9.70. The van der Waals surface area contributed by atoms with Gasteiger partial charge in [-0.3, -0.25) is 0 Å². The summed E-state index contributed by atoms with van der Waals surface area (Å²) in [7, 11) is 5.64. The number of aliphatic hydroxyl groups is 2. The zero-order valence-electron chi connectivity index (χ0n) is 12.5. The molecule has 0 unspecified atom stereocenters. The lowest BCUT2D eigenvalue weighted by Crippen LogP contribution is -2.46. The summed E-state index contributed by atoms with van der Waals surface area (Å²) >= 11 is 0. The molecule has 2 rings (SSSR count). The second-order valence-corrected chi connectivity index (χ2v) is 6.05. The average molecular weight is 279 g/mol. The SMILES string of the molecule is COc1cccc([C@]2(O)C[C@@H](O)CC[C@H]2CN(C)C)c1. The molecule has 0 bridgehead atoms. The van der Waals surface area contributed by atoms with Crippen molar-refractivity contribution in [2.75, 3.05) is 27.7 Å². The van der Waals surface area contributed by atoms with Crippen LogP contribution in [0.2, 0.25) is 0 Å². The lowest BCUT2D eigenvalue weighted by Gasteiger charge is -2.43. The molecule has 0 aliphatic heterocycles. The van der Waals surface area contributed by atoms with Gasteiger partial charge in [-0.05, 0) is 44.6 Å². The highest BCUT2D eigenvalue weighted by Gasteiger charge is 2.43. The molecule has 4 nitrogen and oxygen atoms in total. The maximum absolute atomic E-state index is 11.2. The quantitative estimate of drug-likeness (QED) is 0.879. The normalized spacial score (nSPS) is 30.5. The molecule has 1 saturated carbocycles. The van der Waals surface area contributed by atoms with Crippen molar-refractivity contribution < 1.29 is 14.9 Å². The molecule has 0 spiro atoms. The van der Waals surface area contributed by atoms with E-state index in [1.807, 2.05) is 38.4 Å². The third kappa shape index (κ3) is 3.14. The van der Waals surface area contributed by atoms with Gasteiger partial charge in [-0.2, -0.15) is 0 Å². The Kier molecular flexibility index (Phi) is 4.68. The van der Waals surface area contributed by atoms with Crippen LogP contribution in [0.3, 0.4) is 0 Å². The number of aliphatic hydroxyl groups excluding tert-OH is 1. The van der Waals surface area contributed by atoms with Crippen molar-refractivity contribution >= 4 is 0 Å². The smallest absolute Gasteiger partial charge is 0.119 e. The van der Waals surface area contributed by atoms with Crippen LogP contribution in [0.5, 0.6) is 5.75 Å². The Morgan fingerprint density at radius 1 is 1.35 bits per heavy atom. The molecule has 0 saturated heterocycles. The minimum absolute atomic E-state index is 0.119. The van der Waals surface area contributed by atoms with Gasteiger partial charge in [0.1, 0.15) is 5.75 Å². The standard InChI is InChI=1S/C16H25NO3/c1-17(2)11-13-7-8-14(18)10-16(13,19)12-5-4-6-15(9-12)20-3/h4-6,9,13-14,18-19H,7-8,10-11H2,1-3H3/t13-,14-,16+/m0/s1. The molecule has 0 aromatic heterocycles. The first-order valence-electron chi connectivity index (χ1n) is 7.15. The van der Waals surface area contributed by atoms with E-state index in [1.54, 1.807) is 7.11 Å². The molecule has 1 aliphatic carbocycles. The number of rotatable bonds is 4. The highest BCUT2D eigenvalue weighted by atomic mass is 16.5. The molecular formula is C16H25NO3. The topological polar surface area (TPSA) is 52.9 Å². The fraction of sp³-hybridized carbons (Fsp3) is 0.625. The minimum atomic E-state index is -0.990. The van der Waals surface area contributed by atoms with Crippen molar-refractivity contribution in [3.05, 3.63) is 29.8 Å². The van der Waals surface area contributed by atoms with Crippen LogP contribution in [0, 0.1) is 5.92 Å². The maximum Gasteiger partial charge on any atom is 0.119 e. The summed E-state index contributed by atoms with van der Waals surface area (Å²) in [5.41, 5.74) is -0.154. The molecule has 4 heteroatoms. The van der Waals surface area contributed by atoms with E-state index in [4.69, 9.17) is 4.74 Å². The first-order chi connectivity index (χ1) is 9.45. The van der Waals surface area contributed by atoms with Gasteiger partial charge < -0.3 is 19.8 Å². The van der Waals surface area contributed by atoms with Crippen LogP contribution >= 0.6 is 0 Å². The highest BCUT2D eigenvalue weighted by Crippen LogP contribution is 2.42. The highest BCUT2D eigenvalue weighted by molar-refractivity contribution is 5.33. The van der Waals surface area contributed by atoms with Gasteiger partial charge >= 0.3 is 0 Å². The Morgan fingerprint density at radius 3 is 2.75 bits per heavy atom. The molecule has 1 aliphatic rings. The van der Waals surface area contributed by atoms with Crippen molar-refractivity contribution in [1.82, 2.24) is 4.90 Å². The van der Waals surface area contributed by atoms with Crippen LogP contribution in [0.25, 0.3) is 0 Å². The molecule has 2 N–H and O–H groups in total. The van der Waals surface area contributed by atoms with Gasteiger partial charge in [0.15, 0.2) is 0 Å². The minimum Gasteiger partial charge on any atom is -0.497 e. The Labute approximate surface area is 121 Å². The summed E-state index contributed by atoms with van der Waals surface area (Å²) in [5.74, 6) is 0.854. The largest absolute Gasteiger partial charge is 0.497 e. The molecule has 1 fully saturated rings. The summed E-state index contributed by atoms with van der Waals surface area (Å²) in [5, 5.41) is 21.2. The summed E-state index contributed by atoms with van der Waals surface area (Å²) < 4.78 is 5.25. The van der Waals surface area contributed by atoms with Gasteiger partial charge in [-0.25, -0.2) is 0 Å². The van der Waals surface area contributed by atoms with Crippen LogP contribution in [0.4, 0.5) is 0 Å². The summed E-state index contributed by atoms with van der Waals surface area (Å²) in [6.45, 7) is 0.806. The molecule has 20 heavy (non-hydrogen) atoms. The van der Waals surface area contributed by atoms with E-state index in [2.05, 4.69) is 4.90 Å². The molecular weight excluding hydrogens is 254 g/mol. The summed E-state index contributed by atoms with van der Waals surface area (Å²) in [4.78, 5) is 2.09. The van der Waals surface area contributed by atoms with Crippen LogP contribution in [0.15, 0.2) is 24.3 Å². The Balaban J connectivity index is 2.34. The van der Waals surface area contributed by atoms with Gasteiger partial charge in [0.2, 0.25) is 0 Å². The Hall–Kier alpha value is -1.10. The van der Waals surface area contributed by atoms with E-state index in [0.717, 1.165) is 30.7 Å². The van der Waals surface area contributed by atoms with E-state index in [1.165, 1.54) is 0 Å². The van der Waals surface area contributed by atoms with Gasteiger partial charge in [0.25, 0.3) is 0 Å². The van der Waals surface area contributed by atoms with Crippen LogP contribution < -0.4 is 4.74 Å². The van der Waals surface area contributed by atoms with Crippen LogP contribution in [-0.4, -0.2) is 49.0 Å². The number of hydrogen-bond donors (Lipinski definition) is 2. The maximum atomic E-state index is 11.2. The van der Waals surface area contributed by atoms with E-state index >= 15 is 0 Å². The van der Waals surface area contributed by atoms with E-state index in [9.17, 15) is 10.2 Å². The predicted molar refractivity (Wildman–Crippen MR) is 78.8 cm³/mol. The molecule has 0 heterocycles. The first kappa shape index (κ1) is 15.3. The van der Waals surface area contributed by atoms with E-state index in [-0.39, 0.29) is 5.92 Å². The van der Waals surface area contributed by atoms with E-state index < -0.39 is 11.7 Å². The number of nitrogens with zero attached hydrogens (tertiary/aromatic N) is 1. The third-order valence-electron chi connectivity index (χ3n) is 4.23. The number of hydrogen-bond acceptors (Lipinski definition) is 4. The fourth-order valence-corrected chi connectivity index (χ4v) is 3.19. The molecule has 0 amide bonds. The second kappa shape index (κ2) is 6.12. The van der Waals surface area contributed by atoms with Crippen molar-refractivity contribution in [3.8, 4) is 5.75 Å². The van der Waals surface area contributed by atoms with E-state index in [0.29, 0.717) is 6.42 Å². The average Bonchev–Trinajstić information content (AvgIpc) is 2.42.